The summed E-state index contributed by atoms with van der Waals surface area (Å²) in [7, 11) is 0. The first kappa shape index (κ1) is 35.8. The Morgan fingerprint density at radius 2 is 1.79 bits per heavy atom. The maximum absolute atomic E-state index is 14.9. The van der Waals surface area contributed by atoms with Crippen molar-refractivity contribution in [1.82, 2.24) is 9.80 Å². The van der Waals surface area contributed by atoms with Gasteiger partial charge in [-0.05, 0) is 56.0 Å². The lowest BCUT2D eigenvalue weighted by Crippen LogP contribution is -2.59. The average molecular weight is 723 g/mol. The molecule has 0 aliphatic carbocycles. The van der Waals surface area contributed by atoms with Crippen LogP contribution in [0.15, 0.2) is 79.9 Å². The predicted molar refractivity (Wildman–Crippen MR) is 190 cm³/mol. The van der Waals surface area contributed by atoms with Gasteiger partial charge in [0, 0.05) is 30.1 Å². The number of aliphatic hydroxyl groups excluding tert-OH is 1. The number of anilines is 1. The summed E-state index contributed by atoms with van der Waals surface area (Å²) >= 11 is 3.80. The third-order valence-corrected chi connectivity index (χ3v) is 10.7. The highest BCUT2D eigenvalue weighted by atomic mass is 79.9. The lowest BCUT2D eigenvalue weighted by molar-refractivity contribution is -0.151. The monoisotopic (exact) mass is 721 g/mol. The number of nitrogens with zero attached hydrogens (tertiary/aromatic N) is 3. The second-order valence-corrected chi connectivity index (χ2v) is 14.1. The fourth-order valence-corrected chi connectivity index (χ4v) is 8.80. The van der Waals surface area contributed by atoms with Crippen LogP contribution in [0, 0.1) is 11.8 Å². The first-order valence-electron chi connectivity index (χ1n) is 17.1. The average Bonchev–Trinajstić information content (AvgIpc) is 3.69. The molecule has 0 aromatic heterocycles. The van der Waals surface area contributed by atoms with Crippen molar-refractivity contribution in [2.24, 2.45) is 11.8 Å². The van der Waals surface area contributed by atoms with Gasteiger partial charge in [-0.3, -0.25) is 14.4 Å². The number of fused-ring (bicyclic) bond motifs is 1. The van der Waals surface area contributed by atoms with Gasteiger partial charge in [0.1, 0.15) is 17.4 Å². The number of benzene rings is 2. The number of halogens is 1. The number of hydrogen-bond donors (Lipinski definition) is 1. The summed E-state index contributed by atoms with van der Waals surface area (Å²) < 4.78 is 12.4. The van der Waals surface area contributed by atoms with Crippen LogP contribution in [0.5, 0.6) is 5.75 Å². The SMILES string of the molecule is C=CCN(CCCCC)C(=O)C1N([C@@H](CO)Cc2ccccc2)C(=O)[C@@H]2[C@H](C(=O)N(CC=C)c3ccc(OCC)cc3)[C@H]3OC12CC3Br. The van der Waals surface area contributed by atoms with Crippen molar-refractivity contribution in [2.45, 2.75) is 74.6 Å². The van der Waals surface area contributed by atoms with E-state index in [-0.39, 0.29) is 35.7 Å². The Morgan fingerprint density at radius 1 is 1.08 bits per heavy atom. The Balaban J connectivity index is 1.57. The van der Waals surface area contributed by atoms with E-state index in [0.717, 1.165) is 24.8 Å². The van der Waals surface area contributed by atoms with Crippen molar-refractivity contribution < 1.29 is 29.0 Å². The summed E-state index contributed by atoms with van der Waals surface area (Å²) in [5, 5.41) is 10.8. The fraction of sp³-hybridized carbons (Fsp3) is 0.500. The molecule has 10 heteroatoms. The normalized spacial score (nSPS) is 26.2. The van der Waals surface area contributed by atoms with Crippen LogP contribution in [-0.4, -0.2) is 94.1 Å². The number of carbonyl (C=O) groups is 3. The highest BCUT2D eigenvalue weighted by Crippen LogP contribution is 2.61. The van der Waals surface area contributed by atoms with Crippen molar-refractivity contribution >= 4 is 39.3 Å². The molecule has 3 fully saturated rings. The van der Waals surface area contributed by atoms with E-state index in [2.05, 4.69) is 36.0 Å². The van der Waals surface area contributed by atoms with Gasteiger partial charge in [0.05, 0.1) is 37.2 Å². The quantitative estimate of drug-likeness (QED) is 0.138. The largest absolute Gasteiger partial charge is 0.494 e. The number of unbranched alkanes of at least 4 members (excludes halogenated alkanes) is 2. The number of ether oxygens (including phenoxy) is 2. The van der Waals surface area contributed by atoms with E-state index in [1.807, 2.05) is 61.5 Å². The number of alkyl halides is 1. The van der Waals surface area contributed by atoms with Crippen LogP contribution in [0.2, 0.25) is 0 Å². The Kier molecular flexibility index (Phi) is 11.8. The molecule has 3 saturated heterocycles. The smallest absolute Gasteiger partial charge is 0.248 e. The van der Waals surface area contributed by atoms with E-state index in [4.69, 9.17) is 9.47 Å². The van der Waals surface area contributed by atoms with Gasteiger partial charge < -0.3 is 29.3 Å². The molecule has 3 aliphatic rings. The molecule has 258 valence electrons. The van der Waals surface area contributed by atoms with E-state index in [1.54, 1.807) is 26.9 Å². The first-order chi connectivity index (χ1) is 23.3. The number of likely N-dealkylation sites (tertiary alicyclic amines) is 1. The minimum Gasteiger partial charge on any atom is -0.494 e. The standard InChI is InChI=1S/C38H48BrN3O6/c1-5-9-13-22-40(20-6-2)37(46)34-38-24-30(39)33(48-38)31(35(44)41(21-7-3)27-16-18-29(19-17-27)47-8-4)32(38)36(45)42(34)28(25-43)23-26-14-11-10-12-15-26/h6-7,10-12,14-19,28,30-34,43H,2-3,5,8-9,13,20-25H2,1,4H3/t28-,30?,31+,32+,33+,34?,38?/m1/s1. The minimum absolute atomic E-state index is 0.223. The van der Waals surface area contributed by atoms with Gasteiger partial charge in [-0.25, -0.2) is 0 Å². The van der Waals surface area contributed by atoms with E-state index >= 15 is 0 Å². The van der Waals surface area contributed by atoms with Gasteiger partial charge >= 0.3 is 0 Å². The fourth-order valence-electron chi connectivity index (χ4n) is 7.85. The molecule has 9 nitrogen and oxygen atoms in total. The Bertz CT molecular complexity index is 1450. The van der Waals surface area contributed by atoms with Crippen molar-refractivity contribution in [2.75, 3.05) is 37.7 Å². The van der Waals surface area contributed by atoms with Crippen LogP contribution >= 0.6 is 15.9 Å². The molecule has 1 N–H and O–H groups in total. The van der Waals surface area contributed by atoms with Gasteiger partial charge in [-0.1, -0.05) is 78.2 Å². The zero-order valence-corrected chi connectivity index (χ0v) is 29.6. The lowest BCUT2D eigenvalue weighted by atomic mass is 9.70. The molecule has 5 rings (SSSR count). The lowest BCUT2D eigenvalue weighted by Gasteiger charge is -2.39. The zero-order chi connectivity index (χ0) is 34.4. The van der Waals surface area contributed by atoms with Gasteiger partial charge in [0.15, 0.2) is 0 Å². The first-order valence-corrected chi connectivity index (χ1v) is 18.0. The van der Waals surface area contributed by atoms with Crippen LogP contribution in [0.25, 0.3) is 0 Å². The molecular formula is C38H48BrN3O6. The second-order valence-electron chi connectivity index (χ2n) is 12.9. The summed E-state index contributed by atoms with van der Waals surface area (Å²) in [6.45, 7) is 13.0. The predicted octanol–water partition coefficient (Wildman–Crippen LogP) is 5.16. The maximum atomic E-state index is 14.9. The summed E-state index contributed by atoms with van der Waals surface area (Å²) in [6, 6.07) is 15.2. The summed E-state index contributed by atoms with van der Waals surface area (Å²) in [5.41, 5.74) is 0.326. The molecule has 3 heterocycles. The van der Waals surface area contributed by atoms with Gasteiger partial charge in [0.2, 0.25) is 17.7 Å². The van der Waals surface area contributed by atoms with Crippen molar-refractivity contribution in [1.29, 1.82) is 0 Å². The molecule has 0 saturated carbocycles. The molecule has 3 amide bonds. The van der Waals surface area contributed by atoms with E-state index in [1.165, 1.54) is 0 Å². The van der Waals surface area contributed by atoms with Gasteiger partial charge in [0.25, 0.3) is 0 Å². The van der Waals surface area contributed by atoms with Gasteiger partial charge in [-0.15, -0.1) is 13.2 Å². The van der Waals surface area contributed by atoms with Crippen LogP contribution < -0.4 is 9.64 Å². The number of aliphatic hydroxyl groups is 1. The van der Waals surface area contributed by atoms with Crippen LogP contribution in [0.3, 0.4) is 0 Å². The molecule has 2 bridgehead atoms. The maximum Gasteiger partial charge on any atom is 0.248 e. The minimum atomic E-state index is -1.25. The summed E-state index contributed by atoms with van der Waals surface area (Å²) in [6.07, 6.45) is 6.23. The molecule has 1 spiro atoms. The van der Waals surface area contributed by atoms with E-state index in [0.29, 0.717) is 44.0 Å². The van der Waals surface area contributed by atoms with Crippen molar-refractivity contribution in [3.05, 3.63) is 85.5 Å². The van der Waals surface area contributed by atoms with E-state index < -0.39 is 35.6 Å². The van der Waals surface area contributed by atoms with Crippen molar-refractivity contribution in [3.63, 3.8) is 0 Å². The topological polar surface area (TPSA) is 99.6 Å². The molecule has 7 atom stereocenters. The molecule has 3 aliphatic heterocycles. The molecule has 48 heavy (non-hydrogen) atoms. The summed E-state index contributed by atoms with van der Waals surface area (Å²) in [4.78, 5) is 49.1. The number of amides is 3. The Labute approximate surface area is 292 Å². The zero-order valence-electron chi connectivity index (χ0n) is 28.0. The highest BCUT2D eigenvalue weighted by Gasteiger charge is 2.77. The Hall–Kier alpha value is -3.47. The molecule has 2 aromatic carbocycles. The number of hydrogen-bond acceptors (Lipinski definition) is 6. The highest BCUT2D eigenvalue weighted by molar-refractivity contribution is 9.09. The summed E-state index contributed by atoms with van der Waals surface area (Å²) in [5.74, 6) is -1.91. The number of rotatable bonds is 17. The van der Waals surface area contributed by atoms with Crippen LogP contribution in [-0.2, 0) is 25.5 Å². The van der Waals surface area contributed by atoms with Crippen LogP contribution in [0.1, 0.15) is 45.1 Å². The number of carbonyl (C=O) groups excluding carboxylic acids is 3. The van der Waals surface area contributed by atoms with Crippen LogP contribution in [0.4, 0.5) is 5.69 Å². The molecule has 0 radical (unpaired) electrons. The van der Waals surface area contributed by atoms with Gasteiger partial charge in [-0.2, -0.15) is 0 Å². The third-order valence-electron chi connectivity index (χ3n) is 9.89. The van der Waals surface area contributed by atoms with Crippen molar-refractivity contribution in [3.8, 4) is 5.75 Å². The second kappa shape index (κ2) is 15.8. The third kappa shape index (κ3) is 6.71. The van der Waals surface area contributed by atoms with E-state index in [9.17, 15) is 19.5 Å². The molecule has 2 aromatic rings. The molecular weight excluding hydrogens is 674 g/mol. The molecule has 3 unspecified atom stereocenters. The Morgan fingerprint density at radius 3 is 2.42 bits per heavy atom.